The van der Waals surface area contributed by atoms with E-state index in [0.29, 0.717) is 6.54 Å². The van der Waals surface area contributed by atoms with Crippen molar-refractivity contribution in [2.45, 2.75) is 19.9 Å². The highest BCUT2D eigenvalue weighted by atomic mass is 127. The molecule has 1 aromatic heterocycles. The van der Waals surface area contributed by atoms with Gasteiger partial charge in [-0.1, -0.05) is 24.3 Å². The van der Waals surface area contributed by atoms with Crippen LogP contribution in [0.2, 0.25) is 0 Å². The topological polar surface area (TPSA) is 74.5 Å². The number of aliphatic imine (C=N–C) groups is 1. The number of guanidine groups is 1. The van der Waals surface area contributed by atoms with Gasteiger partial charge in [-0.3, -0.25) is 0 Å². The first kappa shape index (κ1) is 21.7. The van der Waals surface area contributed by atoms with Crippen LogP contribution in [0.15, 0.2) is 72.0 Å². The maximum Gasteiger partial charge on any atom is 0.191 e. The summed E-state index contributed by atoms with van der Waals surface area (Å²) in [6.07, 6.45) is 4.61. The number of benzene rings is 2. The molecule has 148 valence electrons. The number of phenolic OH excluding ortho intramolecular Hbond substituents is 1. The lowest BCUT2D eigenvalue weighted by atomic mass is 10.1. The lowest BCUT2D eigenvalue weighted by Crippen LogP contribution is -2.38. The Kier molecular flexibility index (Phi) is 8.80. The number of hydrogen-bond donors (Lipinski definition) is 3. The third-order valence-electron chi connectivity index (χ3n) is 4.09. The summed E-state index contributed by atoms with van der Waals surface area (Å²) in [4.78, 5) is 4.58. The molecule has 0 spiro atoms. The van der Waals surface area contributed by atoms with E-state index in [1.807, 2.05) is 36.0 Å². The van der Waals surface area contributed by atoms with Crippen molar-refractivity contribution in [1.82, 2.24) is 20.4 Å². The molecule has 3 N–H and O–H groups in total. The molecule has 3 aromatic rings. The van der Waals surface area contributed by atoms with Crippen molar-refractivity contribution in [3.05, 3.63) is 78.1 Å². The van der Waals surface area contributed by atoms with Crippen LogP contribution < -0.4 is 10.6 Å². The van der Waals surface area contributed by atoms with Crippen LogP contribution in [-0.4, -0.2) is 33.9 Å². The molecular formula is C21H26IN5O. The van der Waals surface area contributed by atoms with Gasteiger partial charge in [0.15, 0.2) is 5.96 Å². The standard InChI is InChI=1S/C21H25N5O.HI/c1-2-22-21(24-16-18-5-3-6-20(27)15-18)23-13-11-17-7-9-19(10-8-17)26-14-4-12-25-26;/h3-10,12,14-15,27H,2,11,13,16H2,1H3,(H2,22,23,24);1H. The SMILES string of the molecule is CCNC(=NCc1cccc(O)c1)NCCc1ccc(-n2cccn2)cc1.I. The predicted molar refractivity (Wildman–Crippen MR) is 124 cm³/mol. The average Bonchev–Trinajstić information content (AvgIpc) is 3.21. The van der Waals surface area contributed by atoms with E-state index in [1.165, 1.54) is 5.56 Å². The minimum atomic E-state index is 0. The molecule has 1 heterocycles. The van der Waals surface area contributed by atoms with Gasteiger partial charge in [0.05, 0.1) is 12.2 Å². The molecule has 0 atom stereocenters. The third kappa shape index (κ3) is 6.56. The van der Waals surface area contributed by atoms with Gasteiger partial charge in [-0.25, -0.2) is 9.67 Å². The van der Waals surface area contributed by atoms with E-state index in [4.69, 9.17) is 0 Å². The average molecular weight is 491 g/mol. The fourth-order valence-electron chi connectivity index (χ4n) is 2.73. The summed E-state index contributed by atoms with van der Waals surface area (Å²) in [5.41, 5.74) is 3.28. The zero-order valence-electron chi connectivity index (χ0n) is 15.9. The first-order valence-electron chi connectivity index (χ1n) is 9.13. The van der Waals surface area contributed by atoms with Gasteiger partial charge >= 0.3 is 0 Å². The van der Waals surface area contributed by atoms with Gasteiger partial charge in [-0.15, -0.1) is 24.0 Å². The monoisotopic (exact) mass is 491 g/mol. The van der Waals surface area contributed by atoms with Crippen LogP contribution in [0, 0.1) is 0 Å². The van der Waals surface area contributed by atoms with Crippen LogP contribution in [0.4, 0.5) is 0 Å². The fourth-order valence-corrected chi connectivity index (χ4v) is 2.73. The molecule has 0 bridgehead atoms. The number of nitrogens with one attached hydrogen (secondary N) is 2. The summed E-state index contributed by atoms with van der Waals surface area (Å²) in [5.74, 6) is 1.04. The van der Waals surface area contributed by atoms with E-state index in [9.17, 15) is 5.11 Å². The third-order valence-corrected chi connectivity index (χ3v) is 4.09. The molecule has 0 fully saturated rings. The highest BCUT2D eigenvalue weighted by molar-refractivity contribution is 14.0. The lowest BCUT2D eigenvalue weighted by molar-refractivity contribution is 0.474. The molecule has 0 unspecified atom stereocenters. The summed E-state index contributed by atoms with van der Waals surface area (Å²) in [7, 11) is 0. The Morgan fingerprint density at radius 3 is 2.57 bits per heavy atom. The summed E-state index contributed by atoms with van der Waals surface area (Å²) in [6, 6.07) is 17.5. The van der Waals surface area contributed by atoms with E-state index in [2.05, 4.69) is 45.0 Å². The second kappa shape index (κ2) is 11.3. The number of nitrogens with zero attached hydrogens (tertiary/aromatic N) is 3. The number of phenols is 1. The van der Waals surface area contributed by atoms with Gasteiger partial charge in [0.2, 0.25) is 0 Å². The van der Waals surface area contributed by atoms with E-state index in [0.717, 1.165) is 36.7 Å². The molecule has 6 nitrogen and oxygen atoms in total. The molecule has 28 heavy (non-hydrogen) atoms. The van der Waals surface area contributed by atoms with Crippen molar-refractivity contribution >= 4 is 29.9 Å². The zero-order chi connectivity index (χ0) is 18.9. The van der Waals surface area contributed by atoms with Crippen LogP contribution in [0.3, 0.4) is 0 Å². The molecule has 2 aromatic carbocycles. The Morgan fingerprint density at radius 1 is 1.07 bits per heavy atom. The fraction of sp³-hybridized carbons (Fsp3) is 0.238. The number of aromatic hydroxyl groups is 1. The van der Waals surface area contributed by atoms with Crippen molar-refractivity contribution in [3.63, 3.8) is 0 Å². The zero-order valence-corrected chi connectivity index (χ0v) is 18.2. The lowest BCUT2D eigenvalue weighted by Gasteiger charge is -2.11. The quantitative estimate of drug-likeness (QED) is 0.269. The van der Waals surface area contributed by atoms with Gasteiger partial charge in [0, 0.05) is 25.5 Å². The Labute approximate surface area is 182 Å². The van der Waals surface area contributed by atoms with Crippen molar-refractivity contribution in [2.24, 2.45) is 4.99 Å². The maximum absolute atomic E-state index is 9.54. The van der Waals surface area contributed by atoms with Gasteiger partial charge < -0.3 is 15.7 Å². The van der Waals surface area contributed by atoms with Crippen molar-refractivity contribution in [2.75, 3.05) is 13.1 Å². The molecule has 0 aliphatic carbocycles. The number of hydrogen-bond acceptors (Lipinski definition) is 3. The molecule has 3 rings (SSSR count). The highest BCUT2D eigenvalue weighted by Gasteiger charge is 2.00. The second-order valence-corrected chi connectivity index (χ2v) is 6.16. The number of rotatable bonds is 7. The van der Waals surface area contributed by atoms with Gasteiger partial charge in [-0.05, 0) is 54.8 Å². The Morgan fingerprint density at radius 2 is 1.89 bits per heavy atom. The van der Waals surface area contributed by atoms with E-state index in [-0.39, 0.29) is 29.7 Å². The minimum absolute atomic E-state index is 0. The number of aromatic nitrogens is 2. The molecule has 7 heteroatoms. The summed E-state index contributed by atoms with van der Waals surface area (Å²) in [6.45, 7) is 4.14. The van der Waals surface area contributed by atoms with Crippen molar-refractivity contribution in [1.29, 1.82) is 0 Å². The molecule has 0 aliphatic heterocycles. The first-order valence-corrected chi connectivity index (χ1v) is 9.13. The predicted octanol–water partition coefficient (Wildman–Crippen LogP) is 3.49. The van der Waals surface area contributed by atoms with E-state index < -0.39 is 0 Å². The van der Waals surface area contributed by atoms with E-state index in [1.54, 1.807) is 18.3 Å². The Hall–Kier alpha value is -2.55. The minimum Gasteiger partial charge on any atom is -0.508 e. The van der Waals surface area contributed by atoms with Crippen molar-refractivity contribution < 1.29 is 5.11 Å². The largest absolute Gasteiger partial charge is 0.508 e. The summed E-state index contributed by atoms with van der Waals surface area (Å²) < 4.78 is 1.85. The first-order chi connectivity index (χ1) is 13.2. The van der Waals surface area contributed by atoms with Crippen molar-refractivity contribution in [3.8, 4) is 11.4 Å². The van der Waals surface area contributed by atoms with Crippen LogP contribution in [0.5, 0.6) is 5.75 Å². The smallest absolute Gasteiger partial charge is 0.191 e. The van der Waals surface area contributed by atoms with Crippen LogP contribution in [0.25, 0.3) is 5.69 Å². The van der Waals surface area contributed by atoms with Gasteiger partial charge in [-0.2, -0.15) is 5.10 Å². The van der Waals surface area contributed by atoms with Crippen LogP contribution in [-0.2, 0) is 13.0 Å². The normalized spacial score (nSPS) is 11.0. The molecule has 0 aliphatic rings. The molecule has 0 amide bonds. The van der Waals surface area contributed by atoms with Gasteiger partial charge in [0.1, 0.15) is 5.75 Å². The number of halogens is 1. The van der Waals surface area contributed by atoms with Crippen LogP contribution >= 0.6 is 24.0 Å². The molecule has 0 saturated carbocycles. The van der Waals surface area contributed by atoms with Crippen LogP contribution in [0.1, 0.15) is 18.1 Å². The van der Waals surface area contributed by atoms with E-state index >= 15 is 0 Å². The summed E-state index contributed by atoms with van der Waals surface area (Å²) >= 11 is 0. The Balaban J connectivity index is 0.00000280. The Bertz CT molecular complexity index is 863. The second-order valence-electron chi connectivity index (χ2n) is 6.16. The molecular weight excluding hydrogens is 465 g/mol. The maximum atomic E-state index is 9.54. The molecule has 0 radical (unpaired) electrons. The summed E-state index contributed by atoms with van der Waals surface area (Å²) in [5, 5.41) is 20.4. The highest BCUT2D eigenvalue weighted by Crippen LogP contribution is 2.11. The molecule has 0 saturated heterocycles. The van der Waals surface area contributed by atoms with Gasteiger partial charge in [0.25, 0.3) is 0 Å².